The molecule has 1 nitrogen and oxygen atoms in total. The molecule has 0 aliphatic heterocycles. The van der Waals surface area contributed by atoms with Gasteiger partial charge in [-0.25, -0.2) is 0 Å². The van der Waals surface area contributed by atoms with Crippen LogP contribution in [0, 0.1) is 0 Å². The summed E-state index contributed by atoms with van der Waals surface area (Å²) in [5, 5.41) is 0. The lowest BCUT2D eigenvalue weighted by Crippen LogP contribution is -1.89. The molecule has 0 rings (SSSR count). The Hall–Kier alpha value is 0.660. The molecule has 0 saturated heterocycles. The number of ether oxygens (including phenoxy) is 1. The van der Waals surface area contributed by atoms with E-state index in [9.17, 15) is 0 Å². The molecule has 0 aromatic carbocycles. The highest BCUT2D eigenvalue weighted by Gasteiger charge is 1.92. The van der Waals surface area contributed by atoms with Gasteiger partial charge in [0.2, 0.25) is 0 Å². The van der Waals surface area contributed by atoms with Gasteiger partial charge in [-0.2, -0.15) is 0 Å². The maximum atomic E-state index is 4.98. The maximum absolute atomic E-state index is 4.98. The molecule has 0 bridgehead atoms. The van der Waals surface area contributed by atoms with E-state index < -0.39 is 0 Å². The van der Waals surface area contributed by atoms with Crippen LogP contribution in [-0.4, -0.2) is 25.2 Å². The third kappa shape index (κ3) is 12.7. The molecular formula is C11H24OS2. The SMILES string of the molecule is CCCCCCCCSSCCOC. The number of hydrogen-bond donors (Lipinski definition) is 0. The predicted molar refractivity (Wildman–Crippen MR) is 70.2 cm³/mol. The summed E-state index contributed by atoms with van der Waals surface area (Å²) in [4.78, 5) is 0. The Morgan fingerprint density at radius 2 is 1.50 bits per heavy atom. The summed E-state index contributed by atoms with van der Waals surface area (Å²) >= 11 is 0. The molecule has 0 radical (unpaired) electrons. The molecule has 0 aromatic rings. The van der Waals surface area contributed by atoms with Crippen molar-refractivity contribution in [3.8, 4) is 0 Å². The van der Waals surface area contributed by atoms with Crippen LogP contribution in [-0.2, 0) is 4.74 Å². The van der Waals surface area contributed by atoms with Crippen molar-refractivity contribution in [3.63, 3.8) is 0 Å². The Morgan fingerprint density at radius 3 is 2.21 bits per heavy atom. The van der Waals surface area contributed by atoms with Gasteiger partial charge in [-0.3, -0.25) is 0 Å². The average molecular weight is 236 g/mol. The summed E-state index contributed by atoms with van der Waals surface area (Å²) < 4.78 is 4.98. The minimum absolute atomic E-state index is 0.883. The lowest BCUT2D eigenvalue weighted by molar-refractivity contribution is 0.219. The zero-order valence-corrected chi connectivity index (χ0v) is 11.2. The molecule has 0 heterocycles. The monoisotopic (exact) mass is 236 g/mol. The minimum atomic E-state index is 0.883. The van der Waals surface area contributed by atoms with Gasteiger partial charge < -0.3 is 4.74 Å². The molecule has 3 heteroatoms. The van der Waals surface area contributed by atoms with Crippen molar-refractivity contribution in [2.75, 3.05) is 25.2 Å². The second-order valence-electron chi connectivity index (χ2n) is 3.40. The van der Waals surface area contributed by atoms with Crippen LogP contribution in [0.2, 0.25) is 0 Å². The van der Waals surface area contributed by atoms with E-state index in [4.69, 9.17) is 4.74 Å². The smallest absolute Gasteiger partial charge is 0.0561 e. The van der Waals surface area contributed by atoms with E-state index in [0.717, 1.165) is 12.4 Å². The van der Waals surface area contributed by atoms with Crippen LogP contribution in [0.4, 0.5) is 0 Å². The van der Waals surface area contributed by atoms with Gasteiger partial charge in [-0.05, 0) is 6.42 Å². The summed E-state index contributed by atoms with van der Waals surface area (Å²) in [6.45, 7) is 3.15. The highest BCUT2D eigenvalue weighted by molar-refractivity contribution is 8.76. The number of rotatable bonds is 11. The zero-order valence-electron chi connectivity index (χ0n) is 9.59. The molecule has 14 heavy (non-hydrogen) atoms. The van der Waals surface area contributed by atoms with Crippen LogP contribution in [0.5, 0.6) is 0 Å². The van der Waals surface area contributed by atoms with Gasteiger partial charge in [0.25, 0.3) is 0 Å². The van der Waals surface area contributed by atoms with Crippen molar-refractivity contribution >= 4 is 21.6 Å². The van der Waals surface area contributed by atoms with E-state index in [0.29, 0.717) is 0 Å². The first-order valence-corrected chi connectivity index (χ1v) is 8.14. The normalized spacial score (nSPS) is 10.7. The molecule has 0 fully saturated rings. The fraction of sp³-hybridized carbons (Fsp3) is 1.00. The van der Waals surface area contributed by atoms with Crippen LogP contribution >= 0.6 is 21.6 Å². The largest absolute Gasteiger partial charge is 0.384 e. The topological polar surface area (TPSA) is 9.23 Å². The fourth-order valence-electron chi connectivity index (χ4n) is 1.18. The highest BCUT2D eigenvalue weighted by Crippen LogP contribution is 2.22. The lowest BCUT2D eigenvalue weighted by Gasteiger charge is -2.01. The van der Waals surface area contributed by atoms with Gasteiger partial charge in [-0.1, -0.05) is 60.6 Å². The Bertz CT molecular complexity index is 87.3. The summed E-state index contributed by atoms with van der Waals surface area (Å²) in [6, 6.07) is 0. The molecule has 0 aliphatic rings. The van der Waals surface area contributed by atoms with Gasteiger partial charge in [0.05, 0.1) is 6.61 Å². The molecular weight excluding hydrogens is 212 g/mol. The Balaban J connectivity index is 2.78. The van der Waals surface area contributed by atoms with Gasteiger partial charge in [0.15, 0.2) is 0 Å². The van der Waals surface area contributed by atoms with Crippen molar-refractivity contribution in [3.05, 3.63) is 0 Å². The van der Waals surface area contributed by atoms with Crippen molar-refractivity contribution in [1.29, 1.82) is 0 Å². The quantitative estimate of drug-likeness (QED) is 0.389. The number of methoxy groups -OCH3 is 1. The molecule has 0 amide bonds. The van der Waals surface area contributed by atoms with Gasteiger partial charge >= 0.3 is 0 Å². The Morgan fingerprint density at radius 1 is 0.857 bits per heavy atom. The van der Waals surface area contributed by atoms with Crippen LogP contribution in [0.1, 0.15) is 45.4 Å². The zero-order chi connectivity index (χ0) is 10.5. The summed E-state index contributed by atoms with van der Waals surface area (Å²) in [6.07, 6.45) is 8.42. The first-order valence-electron chi connectivity index (χ1n) is 5.65. The molecule has 0 spiro atoms. The van der Waals surface area contributed by atoms with E-state index >= 15 is 0 Å². The molecule has 0 aliphatic carbocycles. The highest BCUT2D eigenvalue weighted by atomic mass is 33.1. The molecule has 0 unspecified atom stereocenters. The first-order chi connectivity index (χ1) is 6.91. The number of unbranched alkanes of at least 4 members (excludes halogenated alkanes) is 5. The van der Waals surface area contributed by atoms with Gasteiger partial charge in [0, 0.05) is 18.6 Å². The van der Waals surface area contributed by atoms with Gasteiger partial charge in [-0.15, -0.1) is 0 Å². The second kappa shape index (κ2) is 13.7. The minimum Gasteiger partial charge on any atom is -0.384 e. The predicted octanol–water partition coefficient (Wildman–Crippen LogP) is 4.37. The van der Waals surface area contributed by atoms with Crippen LogP contribution < -0.4 is 0 Å². The summed E-state index contributed by atoms with van der Waals surface area (Å²) in [7, 11) is 5.69. The maximum Gasteiger partial charge on any atom is 0.0561 e. The fourth-order valence-corrected chi connectivity index (χ4v) is 3.23. The van der Waals surface area contributed by atoms with Crippen molar-refractivity contribution in [1.82, 2.24) is 0 Å². The molecule has 0 N–H and O–H groups in total. The summed E-state index contributed by atoms with van der Waals surface area (Å²) in [5.41, 5.74) is 0. The van der Waals surface area contributed by atoms with Crippen LogP contribution in [0.15, 0.2) is 0 Å². The van der Waals surface area contributed by atoms with Crippen LogP contribution in [0.3, 0.4) is 0 Å². The van der Waals surface area contributed by atoms with E-state index in [1.165, 1.54) is 44.3 Å². The second-order valence-corrected chi connectivity index (χ2v) is 6.11. The van der Waals surface area contributed by atoms with Crippen molar-refractivity contribution < 1.29 is 4.74 Å². The standard InChI is InChI=1S/C11H24OS2/c1-3-4-5-6-7-8-10-13-14-11-9-12-2/h3-11H2,1-2H3. The average Bonchev–Trinajstić information content (AvgIpc) is 2.21. The summed E-state index contributed by atoms with van der Waals surface area (Å²) in [5.74, 6) is 2.43. The van der Waals surface area contributed by atoms with Crippen LogP contribution in [0.25, 0.3) is 0 Å². The van der Waals surface area contributed by atoms with Crippen molar-refractivity contribution in [2.24, 2.45) is 0 Å². The third-order valence-corrected chi connectivity index (χ3v) is 4.49. The van der Waals surface area contributed by atoms with Gasteiger partial charge in [0.1, 0.15) is 0 Å². The van der Waals surface area contributed by atoms with E-state index in [-0.39, 0.29) is 0 Å². The molecule has 0 atom stereocenters. The molecule has 0 saturated carbocycles. The van der Waals surface area contributed by atoms with E-state index in [1.807, 2.05) is 21.6 Å². The Labute approximate surface area is 97.1 Å². The van der Waals surface area contributed by atoms with Crippen molar-refractivity contribution in [2.45, 2.75) is 45.4 Å². The molecule has 0 aromatic heterocycles. The van der Waals surface area contributed by atoms with E-state index in [1.54, 1.807) is 7.11 Å². The first kappa shape index (κ1) is 14.7. The third-order valence-electron chi connectivity index (χ3n) is 2.04. The van der Waals surface area contributed by atoms with E-state index in [2.05, 4.69) is 6.92 Å². The molecule has 86 valence electrons. The lowest BCUT2D eigenvalue weighted by atomic mass is 10.1. The Kier molecular flexibility index (Phi) is 14.3. The number of hydrogen-bond acceptors (Lipinski definition) is 3.